The predicted octanol–water partition coefficient (Wildman–Crippen LogP) is 2.44. The average molecular weight is 466 g/mol. The van der Waals surface area contributed by atoms with Crippen LogP contribution >= 0.6 is 0 Å². The summed E-state index contributed by atoms with van der Waals surface area (Å²) in [7, 11) is 1.67. The Morgan fingerprint density at radius 2 is 2.00 bits per heavy atom. The van der Waals surface area contributed by atoms with Gasteiger partial charge in [-0.2, -0.15) is 4.98 Å². The molecule has 0 unspecified atom stereocenters. The second-order valence-corrected chi connectivity index (χ2v) is 8.95. The maximum atomic E-state index is 13.5. The van der Waals surface area contributed by atoms with Crippen molar-refractivity contribution >= 4 is 22.7 Å². The second-order valence-electron chi connectivity index (χ2n) is 8.95. The van der Waals surface area contributed by atoms with Crippen LogP contribution < -0.4 is 26.7 Å². The lowest BCUT2D eigenvalue weighted by Crippen LogP contribution is -2.42. The highest BCUT2D eigenvalue weighted by Crippen LogP contribution is 2.24. The zero-order chi connectivity index (χ0) is 24.1. The van der Waals surface area contributed by atoms with Crippen molar-refractivity contribution in [3.05, 3.63) is 51.9 Å². The molecule has 0 radical (unpaired) electrons. The van der Waals surface area contributed by atoms with E-state index in [0.29, 0.717) is 23.3 Å². The molecular formula is C25H35N7O2. The minimum atomic E-state index is -0.157. The number of methoxy groups -OCH3 is 1. The summed E-state index contributed by atoms with van der Waals surface area (Å²) in [5.74, 6) is 1.42. The van der Waals surface area contributed by atoms with Crippen LogP contribution in [0.1, 0.15) is 37.8 Å². The molecule has 1 aliphatic rings. The molecule has 0 aliphatic carbocycles. The zero-order valence-corrected chi connectivity index (χ0v) is 20.3. The molecule has 1 fully saturated rings. The molecule has 1 atom stereocenters. The van der Waals surface area contributed by atoms with Gasteiger partial charge in [0.2, 0.25) is 5.95 Å². The number of nitrogens with one attached hydrogen (secondary N) is 2. The summed E-state index contributed by atoms with van der Waals surface area (Å²) in [5, 5.41) is 7.18. The number of benzene rings is 1. The van der Waals surface area contributed by atoms with E-state index in [4.69, 9.17) is 10.5 Å². The minimum Gasteiger partial charge on any atom is -0.496 e. The Kier molecular flexibility index (Phi) is 7.64. The molecule has 0 spiro atoms. The first kappa shape index (κ1) is 24.0. The molecule has 4 N–H and O–H groups in total. The van der Waals surface area contributed by atoms with Gasteiger partial charge >= 0.3 is 0 Å². The molecule has 0 saturated carbocycles. The summed E-state index contributed by atoms with van der Waals surface area (Å²) in [4.78, 5) is 24.5. The first-order valence-electron chi connectivity index (χ1n) is 12.0. The number of piperazine rings is 1. The fourth-order valence-corrected chi connectivity index (χ4v) is 4.50. The van der Waals surface area contributed by atoms with Crippen molar-refractivity contribution < 1.29 is 4.74 Å². The third kappa shape index (κ3) is 5.48. The van der Waals surface area contributed by atoms with Gasteiger partial charge in [-0.05, 0) is 31.0 Å². The van der Waals surface area contributed by atoms with Crippen LogP contribution in [-0.2, 0) is 13.1 Å². The van der Waals surface area contributed by atoms with Gasteiger partial charge in [-0.3, -0.25) is 9.69 Å². The molecule has 1 aliphatic heterocycles. The lowest BCUT2D eigenvalue weighted by atomic mass is 10.1. The lowest BCUT2D eigenvalue weighted by Gasteiger charge is -2.27. The van der Waals surface area contributed by atoms with Gasteiger partial charge in [0.25, 0.3) is 5.56 Å². The summed E-state index contributed by atoms with van der Waals surface area (Å²) >= 11 is 0. The van der Waals surface area contributed by atoms with E-state index < -0.39 is 0 Å². The highest BCUT2D eigenvalue weighted by atomic mass is 16.5. The number of pyridine rings is 1. The van der Waals surface area contributed by atoms with Crippen molar-refractivity contribution in [2.75, 3.05) is 44.3 Å². The topological polar surface area (TPSA) is 110 Å². The Bertz CT molecular complexity index is 1190. The summed E-state index contributed by atoms with van der Waals surface area (Å²) in [6.07, 6.45) is 3.75. The molecule has 34 heavy (non-hydrogen) atoms. The van der Waals surface area contributed by atoms with Gasteiger partial charge in [-0.15, -0.1) is 0 Å². The van der Waals surface area contributed by atoms with Crippen LogP contribution in [0.5, 0.6) is 5.75 Å². The quantitative estimate of drug-likeness (QED) is 0.442. The standard InChI is InChI=1S/C25H35N7O2/c1-4-5-17(2)28-23-22-20(29-25(26)30-23)8-11-32(24(22)33)16-19-7-6-18(14-21(19)34-3)15-31-12-9-27-10-13-31/h6-8,11,14,17,27H,4-5,9-10,12-13,15-16H2,1-3H3,(H3,26,28,29,30)/t17-/m1/s1. The van der Waals surface area contributed by atoms with E-state index in [1.807, 2.05) is 6.07 Å². The normalized spacial score (nSPS) is 15.4. The Hall–Kier alpha value is -3.17. The van der Waals surface area contributed by atoms with E-state index in [1.165, 1.54) is 5.56 Å². The molecule has 9 nitrogen and oxygen atoms in total. The van der Waals surface area contributed by atoms with Gasteiger partial charge in [-0.1, -0.05) is 25.5 Å². The van der Waals surface area contributed by atoms with Crippen LogP contribution in [0, 0.1) is 0 Å². The summed E-state index contributed by atoms with van der Waals surface area (Å²) in [6, 6.07) is 8.23. The number of hydrogen-bond donors (Lipinski definition) is 3. The summed E-state index contributed by atoms with van der Waals surface area (Å²) in [6.45, 7) is 9.58. The second kappa shape index (κ2) is 10.8. The minimum absolute atomic E-state index is 0.151. The number of nitrogens with two attached hydrogens (primary N) is 1. The number of nitrogen functional groups attached to an aromatic ring is 1. The van der Waals surface area contributed by atoms with E-state index in [1.54, 1.807) is 17.9 Å². The van der Waals surface area contributed by atoms with Crippen molar-refractivity contribution in [1.82, 2.24) is 24.8 Å². The third-order valence-electron chi connectivity index (χ3n) is 6.25. The molecule has 2 aromatic heterocycles. The van der Waals surface area contributed by atoms with Crippen LogP contribution in [0.25, 0.3) is 10.9 Å². The molecule has 4 rings (SSSR count). The van der Waals surface area contributed by atoms with Gasteiger partial charge < -0.3 is 25.7 Å². The lowest BCUT2D eigenvalue weighted by molar-refractivity contribution is 0.233. The Morgan fingerprint density at radius 3 is 2.74 bits per heavy atom. The zero-order valence-electron chi connectivity index (χ0n) is 20.3. The highest BCUT2D eigenvalue weighted by molar-refractivity contribution is 5.89. The van der Waals surface area contributed by atoms with Crippen molar-refractivity contribution in [3.8, 4) is 5.75 Å². The van der Waals surface area contributed by atoms with E-state index in [2.05, 4.69) is 57.5 Å². The first-order valence-corrected chi connectivity index (χ1v) is 12.0. The summed E-state index contributed by atoms with van der Waals surface area (Å²) in [5.41, 5.74) is 8.44. The monoisotopic (exact) mass is 465 g/mol. The van der Waals surface area contributed by atoms with E-state index in [-0.39, 0.29) is 17.5 Å². The predicted molar refractivity (Wildman–Crippen MR) is 136 cm³/mol. The average Bonchev–Trinajstić information content (AvgIpc) is 2.82. The Balaban J connectivity index is 1.63. The summed E-state index contributed by atoms with van der Waals surface area (Å²) < 4.78 is 7.37. The maximum absolute atomic E-state index is 13.5. The number of anilines is 2. The first-order chi connectivity index (χ1) is 16.5. The molecule has 0 amide bonds. The molecule has 9 heteroatoms. The number of aromatic nitrogens is 3. The van der Waals surface area contributed by atoms with Crippen molar-refractivity contribution in [2.45, 2.75) is 45.8 Å². The molecule has 1 saturated heterocycles. The van der Waals surface area contributed by atoms with Crippen LogP contribution in [0.3, 0.4) is 0 Å². The maximum Gasteiger partial charge on any atom is 0.264 e. The number of ether oxygens (including phenoxy) is 1. The number of fused-ring (bicyclic) bond motifs is 1. The van der Waals surface area contributed by atoms with Crippen molar-refractivity contribution in [1.29, 1.82) is 0 Å². The number of hydrogen-bond acceptors (Lipinski definition) is 8. The van der Waals surface area contributed by atoms with Crippen LogP contribution in [0.4, 0.5) is 11.8 Å². The van der Waals surface area contributed by atoms with E-state index >= 15 is 0 Å². The molecule has 182 valence electrons. The Labute approximate surface area is 200 Å². The number of nitrogens with zero attached hydrogens (tertiary/aromatic N) is 4. The van der Waals surface area contributed by atoms with Gasteiger partial charge in [0, 0.05) is 50.5 Å². The van der Waals surface area contributed by atoms with Crippen molar-refractivity contribution in [2.24, 2.45) is 0 Å². The van der Waals surface area contributed by atoms with Gasteiger partial charge in [0.15, 0.2) is 0 Å². The molecule has 0 bridgehead atoms. The van der Waals surface area contributed by atoms with Crippen LogP contribution in [0.15, 0.2) is 35.3 Å². The van der Waals surface area contributed by atoms with Crippen LogP contribution in [0.2, 0.25) is 0 Å². The fourth-order valence-electron chi connectivity index (χ4n) is 4.50. The van der Waals surface area contributed by atoms with Crippen molar-refractivity contribution in [3.63, 3.8) is 0 Å². The smallest absolute Gasteiger partial charge is 0.264 e. The molecular weight excluding hydrogens is 430 g/mol. The van der Waals surface area contributed by atoms with Gasteiger partial charge in [-0.25, -0.2) is 4.98 Å². The Morgan fingerprint density at radius 1 is 1.21 bits per heavy atom. The highest BCUT2D eigenvalue weighted by Gasteiger charge is 2.16. The SMILES string of the molecule is CCC[C@@H](C)Nc1nc(N)nc2ccn(Cc3ccc(CN4CCNCC4)cc3OC)c(=O)c12. The molecule has 1 aromatic carbocycles. The molecule has 3 heterocycles. The number of rotatable bonds is 9. The van der Waals surface area contributed by atoms with Gasteiger partial charge in [0.1, 0.15) is 17.0 Å². The van der Waals surface area contributed by atoms with E-state index in [0.717, 1.165) is 56.9 Å². The third-order valence-corrected chi connectivity index (χ3v) is 6.25. The van der Waals surface area contributed by atoms with E-state index in [9.17, 15) is 4.79 Å². The molecule has 3 aromatic rings. The van der Waals surface area contributed by atoms with Gasteiger partial charge in [0.05, 0.1) is 19.2 Å². The largest absolute Gasteiger partial charge is 0.496 e. The fraction of sp³-hybridized carbons (Fsp3) is 0.480. The van der Waals surface area contributed by atoms with Crippen LogP contribution in [-0.4, -0.2) is 58.8 Å².